The summed E-state index contributed by atoms with van der Waals surface area (Å²) in [6.45, 7) is 6.46. The van der Waals surface area contributed by atoms with Gasteiger partial charge in [-0.2, -0.15) is 0 Å². The summed E-state index contributed by atoms with van der Waals surface area (Å²) in [7, 11) is 3.38. The Bertz CT molecular complexity index is 905. The van der Waals surface area contributed by atoms with Gasteiger partial charge in [-0.1, -0.05) is 24.3 Å². The average molecular weight is 444 g/mol. The fraction of sp³-hybridized carbons (Fsp3) is 0.353. The summed E-state index contributed by atoms with van der Waals surface area (Å²) in [5, 5.41) is 13.5. The second kappa shape index (κ2) is 8.70. The molecule has 0 spiro atoms. The second-order valence-electron chi connectivity index (χ2n) is 6.49. The molecule has 1 aromatic carbocycles. The van der Waals surface area contributed by atoms with Gasteiger partial charge in [0.05, 0.1) is 17.3 Å². The first kappa shape index (κ1) is 22.5. The number of carbonyl (C=O) groups is 3. The van der Waals surface area contributed by atoms with Gasteiger partial charge in [0.1, 0.15) is 0 Å². The summed E-state index contributed by atoms with van der Waals surface area (Å²) in [4.78, 5) is 49.5. The predicted octanol–water partition coefficient (Wildman–Crippen LogP) is 1.71. The smallest absolute Gasteiger partial charge is 0.334 e. The molecule has 1 saturated heterocycles. The first-order chi connectivity index (χ1) is 13.5. The van der Waals surface area contributed by atoms with E-state index in [1.54, 1.807) is 6.92 Å². The van der Waals surface area contributed by atoms with E-state index in [0.717, 1.165) is 6.92 Å². The molecule has 29 heavy (non-hydrogen) atoms. The number of benzene rings is 1. The molecule has 0 saturated carbocycles. The molecule has 1 heterocycles. The van der Waals surface area contributed by atoms with Crippen LogP contribution in [0.25, 0.3) is 0 Å². The number of nitrogens with zero attached hydrogens (tertiary/aromatic N) is 2. The van der Waals surface area contributed by atoms with E-state index in [-0.39, 0.29) is 12.1 Å². The number of amides is 2. The van der Waals surface area contributed by atoms with E-state index in [4.69, 9.17) is 15.5 Å². The minimum atomic E-state index is -2.26. The number of hydrogen-bond donors (Lipinski definition) is 1. The number of rotatable bonds is 8. The van der Waals surface area contributed by atoms with E-state index >= 15 is 0 Å². The maximum atomic E-state index is 12.7. The largest absolute Gasteiger partial charge is 0.340 e. The molecule has 2 amide bonds. The minimum absolute atomic E-state index is 0.0981. The van der Waals surface area contributed by atoms with Crippen molar-refractivity contribution in [1.82, 2.24) is 10.4 Å². The topological polar surface area (TPSA) is 136 Å². The van der Waals surface area contributed by atoms with Gasteiger partial charge in [0, 0.05) is 19.1 Å². The first-order valence-corrected chi connectivity index (χ1v) is 10.3. The van der Waals surface area contributed by atoms with Gasteiger partial charge in [-0.25, -0.2) is 9.00 Å². The van der Waals surface area contributed by atoms with Crippen molar-refractivity contribution in [3.63, 3.8) is 0 Å². The molecule has 1 N–H and O–H groups in total. The third kappa shape index (κ3) is 4.80. The molecule has 156 valence electrons. The highest BCUT2D eigenvalue weighted by Gasteiger charge is 2.60. The van der Waals surface area contributed by atoms with E-state index in [9.17, 15) is 28.7 Å². The van der Waals surface area contributed by atoms with Crippen LogP contribution in [0.2, 0.25) is 0 Å². The third-order valence-corrected chi connectivity index (χ3v) is 5.94. The van der Waals surface area contributed by atoms with Crippen LogP contribution in [0.3, 0.4) is 0 Å². The van der Waals surface area contributed by atoms with E-state index < -0.39 is 50.1 Å². The summed E-state index contributed by atoms with van der Waals surface area (Å²) in [5.74, 6) is -3.07. The Hall–Kier alpha value is -2.79. The molecule has 12 heteroatoms. The normalized spacial score (nSPS) is 20.2. The monoisotopic (exact) mass is 443 g/mol. The Morgan fingerprint density at radius 3 is 2.41 bits per heavy atom. The van der Waals surface area contributed by atoms with Gasteiger partial charge in [0.2, 0.25) is 5.91 Å². The highest BCUT2D eigenvalue weighted by atomic mass is 35.7. The molecule has 3 atom stereocenters. The number of hydroxylamine groups is 2. The van der Waals surface area contributed by atoms with Crippen molar-refractivity contribution < 1.29 is 28.4 Å². The Balaban J connectivity index is 2.19. The Kier molecular flexibility index (Phi) is 6.75. The summed E-state index contributed by atoms with van der Waals surface area (Å²) in [5.41, 5.74) is 0.919. The third-order valence-electron chi connectivity index (χ3n) is 4.23. The second-order valence-corrected chi connectivity index (χ2v) is 8.45. The van der Waals surface area contributed by atoms with Gasteiger partial charge in [-0.3, -0.25) is 19.7 Å². The summed E-state index contributed by atoms with van der Waals surface area (Å²) < 4.78 is 11.9. The quantitative estimate of drug-likeness (QED) is 0.212. The van der Waals surface area contributed by atoms with E-state index in [2.05, 4.69) is 11.9 Å². The van der Waals surface area contributed by atoms with Crippen LogP contribution < -0.4 is 5.32 Å². The van der Waals surface area contributed by atoms with Crippen molar-refractivity contribution in [2.24, 2.45) is 5.92 Å². The van der Waals surface area contributed by atoms with Gasteiger partial charge in [0.15, 0.2) is 10.0 Å². The lowest BCUT2D eigenvalue weighted by molar-refractivity contribution is -0.384. The molecule has 3 unspecified atom stereocenters. The number of non-ortho nitro benzene ring substituents is 1. The van der Waals surface area contributed by atoms with Crippen molar-refractivity contribution in [2.45, 2.75) is 31.7 Å². The SMILES string of the molecule is C=C(C)C(Cc1ccc([N+](=O)[O-])cc1)C(=O)ON1C(=O)CC1(NC(C)=O)S(=O)Cl. The molecule has 0 bridgehead atoms. The maximum absolute atomic E-state index is 12.7. The van der Waals surface area contributed by atoms with Gasteiger partial charge in [-0.05, 0) is 29.6 Å². The number of halogens is 1. The van der Waals surface area contributed by atoms with Crippen molar-refractivity contribution in [1.29, 1.82) is 0 Å². The molecule has 0 aliphatic carbocycles. The predicted molar refractivity (Wildman–Crippen MR) is 103 cm³/mol. The number of β-lactam (4-membered cyclic amide) rings is 1. The fourth-order valence-electron chi connectivity index (χ4n) is 2.72. The Labute approximate surface area is 172 Å². The number of carbonyl (C=O) groups excluding carboxylic acids is 3. The van der Waals surface area contributed by atoms with Crippen LogP contribution in [0.4, 0.5) is 5.69 Å². The first-order valence-electron chi connectivity index (χ1n) is 8.28. The zero-order valence-electron chi connectivity index (χ0n) is 15.5. The number of nitro benzene ring substituents is 1. The van der Waals surface area contributed by atoms with Gasteiger partial charge < -0.3 is 10.2 Å². The van der Waals surface area contributed by atoms with Crippen LogP contribution in [0.15, 0.2) is 36.4 Å². The molecule has 1 aromatic rings. The van der Waals surface area contributed by atoms with E-state index in [1.807, 2.05) is 0 Å². The molecular formula is C17H18ClN3O7S. The number of nitrogens with one attached hydrogen (secondary N) is 1. The lowest BCUT2D eigenvalue weighted by atomic mass is 9.93. The van der Waals surface area contributed by atoms with E-state index in [1.165, 1.54) is 24.3 Å². The molecule has 1 aliphatic heterocycles. The molecule has 2 rings (SSSR count). The number of nitro groups is 1. The minimum Gasteiger partial charge on any atom is -0.334 e. The van der Waals surface area contributed by atoms with Crippen molar-refractivity contribution in [3.8, 4) is 0 Å². The molecule has 0 aromatic heterocycles. The van der Waals surface area contributed by atoms with Crippen LogP contribution >= 0.6 is 10.7 Å². The Morgan fingerprint density at radius 1 is 1.41 bits per heavy atom. The average Bonchev–Trinajstić information content (AvgIpc) is 2.62. The van der Waals surface area contributed by atoms with Crippen LogP contribution in [-0.4, -0.2) is 37.0 Å². The molecule has 10 nitrogen and oxygen atoms in total. The zero-order valence-corrected chi connectivity index (χ0v) is 17.1. The van der Waals surface area contributed by atoms with Crippen LogP contribution in [0, 0.1) is 16.0 Å². The summed E-state index contributed by atoms with van der Waals surface area (Å²) >= 11 is 0. The molecule has 1 fully saturated rings. The van der Waals surface area contributed by atoms with Gasteiger partial charge in [0.25, 0.3) is 16.6 Å². The standard InChI is InChI=1S/C17H18ClN3O7S/c1-10(2)14(8-12-4-6-13(7-5-12)21(25)26)16(24)28-20-15(23)9-17(20,29(18)27)19-11(3)22/h4-7,14H,1,8-9H2,2-3H3,(H,19,22). The fourth-order valence-corrected chi connectivity index (χ4v) is 3.92. The van der Waals surface area contributed by atoms with Crippen molar-refractivity contribution in [2.75, 3.05) is 0 Å². The highest BCUT2D eigenvalue weighted by molar-refractivity contribution is 8.09. The van der Waals surface area contributed by atoms with Crippen molar-refractivity contribution in [3.05, 3.63) is 52.1 Å². The van der Waals surface area contributed by atoms with E-state index in [0.29, 0.717) is 16.2 Å². The van der Waals surface area contributed by atoms with Crippen LogP contribution in [-0.2, 0) is 35.7 Å². The maximum Gasteiger partial charge on any atom is 0.340 e. The number of hydrogen-bond acceptors (Lipinski definition) is 7. The van der Waals surface area contributed by atoms with Crippen molar-refractivity contribution >= 4 is 44.2 Å². The van der Waals surface area contributed by atoms with Crippen LogP contribution in [0.5, 0.6) is 0 Å². The highest BCUT2D eigenvalue weighted by Crippen LogP contribution is 2.36. The molecular weight excluding hydrogens is 426 g/mol. The summed E-state index contributed by atoms with van der Waals surface area (Å²) in [6, 6.07) is 5.58. The van der Waals surface area contributed by atoms with Crippen LogP contribution in [0.1, 0.15) is 25.8 Å². The summed E-state index contributed by atoms with van der Waals surface area (Å²) in [6.07, 6.45) is -0.290. The van der Waals surface area contributed by atoms with Gasteiger partial charge >= 0.3 is 5.97 Å². The lowest BCUT2D eigenvalue weighted by Gasteiger charge is -2.46. The molecule has 1 aliphatic rings. The lowest BCUT2D eigenvalue weighted by Crippen LogP contribution is -2.73. The Morgan fingerprint density at radius 2 is 2.00 bits per heavy atom. The molecule has 0 radical (unpaired) electrons. The zero-order chi connectivity index (χ0) is 21.9. The van der Waals surface area contributed by atoms with Gasteiger partial charge in [-0.15, -0.1) is 5.06 Å².